The van der Waals surface area contributed by atoms with Crippen molar-refractivity contribution < 1.29 is 4.79 Å². The number of nitrogens with zero attached hydrogens (tertiary/aromatic N) is 3. The maximum atomic E-state index is 12.7. The lowest BCUT2D eigenvalue weighted by atomic mass is 9.93. The Hall–Kier alpha value is -2.24. The van der Waals surface area contributed by atoms with Gasteiger partial charge in [-0.15, -0.1) is 11.3 Å². The summed E-state index contributed by atoms with van der Waals surface area (Å²) in [4.78, 5) is 24.0. The average Bonchev–Trinajstić information content (AvgIpc) is 3.13. The number of piperidine rings is 1. The number of benzene rings is 1. The van der Waals surface area contributed by atoms with Crippen LogP contribution in [0.3, 0.4) is 0 Å². The minimum Gasteiger partial charge on any atom is -0.342 e. The molecular formula is C22H22ClN3OS. The highest BCUT2D eigenvalue weighted by molar-refractivity contribution is 7.09. The lowest BCUT2D eigenvalue weighted by Gasteiger charge is -2.32. The normalized spacial score (nSPS) is 16.9. The summed E-state index contributed by atoms with van der Waals surface area (Å²) in [6.45, 7) is 3.49. The minimum atomic E-state index is 0.154. The van der Waals surface area contributed by atoms with Crippen LogP contribution in [0.15, 0.2) is 47.8 Å². The molecular weight excluding hydrogens is 390 g/mol. The smallest absolute Gasteiger partial charge is 0.228 e. The van der Waals surface area contributed by atoms with Crippen LogP contribution < -0.4 is 0 Å². The van der Waals surface area contributed by atoms with Gasteiger partial charge in [-0.1, -0.05) is 29.8 Å². The summed E-state index contributed by atoms with van der Waals surface area (Å²) in [5.74, 6) is 0.412. The molecule has 0 aliphatic carbocycles. The molecule has 1 aliphatic rings. The summed E-state index contributed by atoms with van der Waals surface area (Å²) in [5.41, 5.74) is 3.84. The first kappa shape index (κ1) is 19.1. The number of carbonyl (C=O) groups is 1. The van der Waals surface area contributed by atoms with Crippen LogP contribution in [0.2, 0.25) is 5.02 Å². The van der Waals surface area contributed by atoms with E-state index in [1.54, 1.807) is 11.3 Å². The van der Waals surface area contributed by atoms with Crippen LogP contribution in [-0.2, 0) is 11.2 Å². The van der Waals surface area contributed by atoms with Crippen molar-refractivity contribution in [2.24, 2.45) is 0 Å². The molecule has 1 amide bonds. The van der Waals surface area contributed by atoms with Crippen LogP contribution in [0.4, 0.5) is 0 Å². The van der Waals surface area contributed by atoms with Gasteiger partial charge < -0.3 is 4.90 Å². The Morgan fingerprint density at radius 1 is 1.25 bits per heavy atom. The van der Waals surface area contributed by atoms with E-state index in [-0.39, 0.29) is 11.8 Å². The van der Waals surface area contributed by atoms with E-state index in [1.807, 2.05) is 53.6 Å². The van der Waals surface area contributed by atoms with E-state index >= 15 is 0 Å². The number of pyridine rings is 1. The number of aromatic nitrogens is 2. The molecule has 3 heterocycles. The van der Waals surface area contributed by atoms with Gasteiger partial charge in [0, 0.05) is 40.7 Å². The first-order valence-corrected chi connectivity index (χ1v) is 10.8. The predicted octanol–water partition coefficient (Wildman–Crippen LogP) is 5.12. The van der Waals surface area contributed by atoms with Crippen LogP contribution in [-0.4, -0.2) is 33.9 Å². The third kappa shape index (κ3) is 4.42. The second-order valence-electron chi connectivity index (χ2n) is 7.17. The van der Waals surface area contributed by atoms with E-state index in [9.17, 15) is 4.79 Å². The molecule has 1 aromatic carbocycles. The number of hydrogen-bond donors (Lipinski definition) is 0. The fourth-order valence-electron chi connectivity index (χ4n) is 3.69. The molecule has 0 saturated carbocycles. The summed E-state index contributed by atoms with van der Waals surface area (Å²) in [5, 5.41) is 3.68. The van der Waals surface area contributed by atoms with Crippen LogP contribution in [0, 0.1) is 6.92 Å². The van der Waals surface area contributed by atoms with Crippen molar-refractivity contribution in [1.29, 1.82) is 0 Å². The van der Waals surface area contributed by atoms with E-state index < -0.39 is 0 Å². The number of likely N-dealkylation sites (tertiary alicyclic amines) is 1. The zero-order chi connectivity index (χ0) is 19.5. The first-order valence-electron chi connectivity index (χ1n) is 9.50. The Morgan fingerprint density at radius 3 is 2.89 bits per heavy atom. The fraction of sp³-hybridized carbons (Fsp3) is 0.318. The summed E-state index contributed by atoms with van der Waals surface area (Å²) in [6, 6.07) is 13.9. The highest BCUT2D eigenvalue weighted by atomic mass is 35.5. The Balaban J connectivity index is 1.48. The number of thiazole rings is 1. The Labute approximate surface area is 174 Å². The zero-order valence-electron chi connectivity index (χ0n) is 15.8. The Bertz CT molecular complexity index is 987. The first-order chi connectivity index (χ1) is 13.6. The van der Waals surface area contributed by atoms with E-state index in [4.69, 9.17) is 16.6 Å². The van der Waals surface area contributed by atoms with E-state index in [0.29, 0.717) is 18.0 Å². The molecule has 4 rings (SSSR count). The lowest BCUT2D eigenvalue weighted by Crippen LogP contribution is -2.40. The molecule has 144 valence electrons. The number of hydrogen-bond acceptors (Lipinski definition) is 4. The molecule has 1 aliphatic heterocycles. The molecule has 3 aromatic rings. The van der Waals surface area contributed by atoms with Crippen molar-refractivity contribution in [2.75, 3.05) is 13.1 Å². The van der Waals surface area contributed by atoms with Gasteiger partial charge in [-0.05, 0) is 44.0 Å². The molecule has 6 heteroatoms. The van der Waals surface area contributed by atoms with E-state index in [0.717, 1.165) is 47.0 Å². The van der Waals surface area contributed by atoms with Crippen molar-refractivity contribution in [1.82, 2.24) is 14.9 Å². The van der Waals surface area contributed by atoms with Crippen LogP contribution >= 0.6 is 22.9 Å². The molecule has 1 fully saturated rings. The van der Waals surface area contributed by atoms with Gasteiger partial charge in [0.15, 0.2) is 0 Å². The van der Waals surface area contributed by atoms with Gasteiger partial charge in [0.25, 0.3) is 0 Å². The van der Waals surface area contributed by atoms with Crippen molar-refractivity contribution in [3.8, 4) is 11.3 Å². The van der Waals surface area contributed by atoms with Gasteiger partial charge in [-0.25, -0.2) is 4.98 Å². The van der Waals surface area contributed by atoms with Gasteiger partial charge in [-0.3, -0.25) is 9.78 Å². The highest BCUT2D eigenvalue weighted by Crippen LogP contribution is 2.28. The number of aryl methyl sites for hydroxylation is 1. The summed E-state index contributed by atoms with van der Waals surface area (Å²) in [6.07, 6.45) is 2.42. The molecule has 0 radical (unpaired) electrons. The van der Waals surface area contributed by atoms with Crippen molar-refractivity contribution >= 4 is 28.8 Å². The third-order valence-electron chi connectivity index (χ3n) is 5.08. The summed E-state index contributed by atoms with van der Waals surface area (Å²) in [7, 11) is 0. The third-order valence-corrected chi connectivity index (χ3v) is 6.14. The second-order valence-corrected chi connectivity index (χ2v) is 8.67. The predicted molar refractivity (Wildman–Crippen MR) is 114 cm³/mol. The molecule has 0 unspecified atom stereocenters. The topological polar surface area (TPSA) is 46.1 Å². The van der Waals surface area contributed by atoms with E-state index in [1.165, 1.54) is 0 Å². The fourth-order valence-corrected chi connectivity index (χ4v) is 4.49. The summed E-state index contributed by atoms with van der Waals surface area (Å²) >= 11 is 7.72. The van der Waals surface area contributed by atoms with Crippen LogP contribution in [0.25, 0.3) is 11.3 Å². The maximum absolute atomic E-state index is 12.7. The number of carbonyl (C=O) groups excluding carboxylic acids is 1. The van der Waals surface area contributed by atoms with Crippen molar-refractivity contribution in [3.63, 3.8) is 0 Å². The molecule has 1 atom stereocenters. The second kappa shape index (κ2) is 8.41. The molecule has 0 bridgehead atoms. The largest absolute Gasteiger partial charge is 0.342 e. The van der Waals surface area contributed by atoms with Crippen molar-refractivity contribution in [3.05, 3.63) is 69.3 Å². The Morgan fingerprint density at radius 2 is 2.11 bits per heavy atom. The zero-order valence-corrected chi connectivity index (χ0v) is 17.3. The van der Waals surface area contributed by atoms with Crippen LogP contribution in [0.5, 0.6) is 0 Å². The number of amides is 1. The monoisotopic (exact) mass is 411 g/mol. The quantitative estimate of drug-likeness (QED) is 0.598. The number of rotatable bonds is 4. The molecule has 4 nitrogen and oxygen atoms in total. The van der Waals surface area contributed by atoms with Crippen molar-refractivity contribution in [2.45, 2.75) is 32.1 Å². The standard InChI is InChI=1S/C22H22ClN3OS/c1-15-24-19(14-28-15)12-22(27)26-10-4-6-17(13-26)21-9-3-8-20(25-21)16-5-2-7-18(23)11-16/h2-3,5,7-9,11,14,17H,4,6,10,12-13H2,1H3/t17-/m0/s1. The van der Waals surface area contributed by atoms with E-state index in [2.05, 4.69) is 11.1 Å². The van der Waals surface area contributed by atoms with Gasteiger partial charge >= 0.3 is 0 Å². The van der Waals surface area contributed by atoms with Gasteiger partial charge in [0.05, 0.1) is 22.8 Å². The minimum absolute atomic E-state index is 0.154. The molecule has 2 aromatic heterocycles. The molecule has 1 saturated heterocycles. The summed E-state index contributed by atoms with van der Waals surface area (Å²) < 4.78 is 0. The molecule has 28 heavy (non-hydrogen) atoms. The maximum Gasteiger partial charge on any atom is 0.228 e. The average molecular weight is 412 g/mol. The number of halogens is 1. The highest BCUT2D eigenvalue weighted by Gasteiger charge is 2.26. The van der Waals surface area contributed by atoms with Crippen LogP contribution in [0.1, 0.15) is 35.2 Å². The van der Waals surface area contributed by atoms with Gasteiger partial charge in [-0.2, -0.15) is 0 Å². The molecule has 0 spiro atoms. The van der Waals surface area contributed by atoms with Gasteiger partial charge in [0.1, 0.15) is 0 Å². The Kier molecular flexibility index (Phi) is 5.74. The molecule has 0 N–H and O–H groups in total. The SMILES string of the molecule is Cc1nc(CC(=O)N2CCC[C@H](c3cccc(-c4cccc(Cl)c4)n3)C2)cs1. The van der Waals surface area contributed by atoms with Gasteiger partial charge in [0.2, 0.25) is 5.91 Å². The lowest BCUT2D eigenvalue weighted by molar-refractivity contribution is -0.131.